The molecule has 6 fully saturated rings. The fourth-order valence-electron chi connectivity index (χ4n) is 10.7. The SMILES string of the molecule is CC[C@H]1O[C@@H](n2ccc(NP3(=O)OCC[C@@H](c4cccc(Cl)c4)O3)nc2=O)C(F)(F)[C@H]1C.CO.F.N.O=c1nc(N[P@@]2(=O)OCC[C@@H](c3cccc(Cl)c3)O2)ccn1[C@@H]1O[C@H](CO)[C@H](O)C1(F)F.O=c1nc(N[P@]2(=O)OCC[C@@H](c3cccc(Cl)c3)O2)ccn1[C@@H]1O[C@H](CO)[C@H](O)C1(F)F. The van der Waals surface area contributed by atoms with Crippen LogP contribution in [0.3, 0.4) is 0 Å². The van der Waals surface area contributed by atoms with Gasteiger partial charge in [-0.2, -0.15) is 32.5 Å². The number of aromatic nitrogens is 6. The zero-order chi connectivity index (χ0) is 71.3. The first-order valence-electron chi connectivity index (χ1n) is 29.7. The van der Waals surface area contributed by atoms with Gasteiger partial charge in [-0.3, -0.25) is 60.8 Å². The van der Waals surface area contributed by atoms with E-state index in [0.717, 1.165) is 48.0 Å². The van der Waals surface area contributed by atoms with Crippen molar-refractivity contribution < 1.29 is 112 Å². The molecule has 12 rings (SSSR count). The van der Waals surface area contributed by atoms with Gasteiger partial charge in [0.15, 0.2) is 12.2 Å². The van der Waals surface area contributed by atoms with Crippen molar-refractivity contribution in [1.82, 2.24) is 34.8 Å². The van der Waals surface area contributed by atoms with E-state index in [1.807, 2.05) is 0 Å². The van der Waals surface area contributed by atoms with Gasteiger partial charge >= 0.3 is 52.2 Å². The summed E-state index contributed by atoms with van der Waals surface area (Å²) in [4.78, 5) is 48.1. The third kappa shape index (κ3) is 18.4. The molecule has 11 N–H and O–H groups in total. The molecule has 9 heterocycles. The van der Waals surface area contributed by atoms with Crippen LogP contribution in [0.1, 0.15) is 93.2 Å². The number of ether oxygens (including phenoxy) is 3. The molecule has 6 aliphatic rings. The highest BCUT2D eigenvalue weighted by Crippen LogP contribution is 2.58. The van der Waals surface area contributed by atoms with E-state index in [9.17, 15) is 64.6 Å². The third-order valence-electron chi connectivity index (χ3n) is 15.7. The van der Waals surface area contributed by atoms with Gasteiger partial charge in [0, 0.05) is 60.0 Å². The minimum absolute atomic E-state index is 0. The lowest BCUT2D eigenvalue weighted by atomic mass is 9.98. The Labute approximate surface area is 578 Å². The molecule has 0 radical (unpaired) electrons. The second-order valence-corrected chi connectivity index (χ2v) is 28.6. The van der Waals surface area contributed by atoms with Crippen molar-refractivity contribution in [2.45, 2.75) is 125 Å². The average Bonchev–Trinajstić information content (AvgIpc) is 1.60. The highest BCUT2D eigenvalue weighted by molar-refractivity contribution is 7.56. The minimum atomic E-state index is -3.94. The summed E-state index contributed by atoms with van der Waals surface area (Å²) in [5, 5.41) is 53.2. The molecule has 6 aromatic rings. The van der Waals surface area contributed by atoms with E-state index in [1.165, 1.54) is 13.0 Å². The molecular formula is C57H69Cl3F7N10O20P3. The molecule has 552 valence electrons. The van der Waals surface area contributed by atoms with Crippen LogP contribution in [0.2, 0.25) is 15.1 Å². The van der Waals surface area contributed by atoms with Crippen LogP contribution in [-0.4, -0.2) is 143 Å². The van der Waals surface area contributed by atoms with Crippen molar-refractivity contribution in [1.29, 1.82) is 0 Å². The van der Waals surface area contributed by atoms with Crippen LogP contribution in [0.5, 0.6) is 0 Å². The van der Waals surface area contributed by atoms with Crippen molar-refractivity contribution in [2.75, 3.05) is 55.4 Å². The van der Waals surface area contributed by atoms with E-state index in [1.54, 1.807) is 79.7 Å². The Hall–Kier alpha value is -5.83. The number of benzene rings is 3. The van der Waals surface area contributed by atoms with E-state index in [2.05, 4.69) is 30.2 Å². The minimum Gasteiger partial charge on any atom is -0.400 e. The van der Waals surface area contributed by atoms with Crippen molar-refractivity contribution >= 4 is 75.5 Å². The third-order valence-corrected chi connectivity index (χ3v) is 21.1. The normalized spacial score (nSPS) is 30.8. The molecule has 6 aliphatic heterocycles. The van der Waals surface area contributed by atoms with Crippen molar-refractivity contribution in [3.05, 3.63) is 173 Å². The summed E-state index contributed by atoms with van der Waals surface area (Å²) >= 11 is 18.0. The smallest absolute Gasteiger partial charge is 0.400 e. The van der Waals surface area contributed by atoms with E-state index in [-0.39, 0.29) is 48.1 Å². The number of hydrogen-bond acceptors (Lipinski definition) is 24. The van der Waals surface area contributed by atoms with Crippen LogP contribution in [-0.2, 0) is 55.0 Å². The first-order chi connectivity index (χ1) is 46.4. The van der Waals surface area contributed by atoms with Gasteiger partial charge in [0.05, 0.1) is 63.4 Å². The Morgan fingerprint density at radius 2 is 0.810 bits per heavy atom. The highest BCUT2D eigenvalue weighted by Gasteiger charge is 2.61. The van der Waals surface area contributed by atoms with Crippen LogP contribution in [0.15, 0.2) is 124 Å². The molecule has 0 amide bonds. The van der Waals surface area contributed by atoms with Crippen LogP contribution < -0.4 is 38.5 Å². The summed E-state index contributed by atoms with van der Waals surface area (Å²) < 4.78 is 175. The molecule has 15 atom stereocenters. The Kier molecular flexibility index (Phi) is 27.5. The average molecular weight is 1550 g/mol. The summed E-state index contributed by atoms with van der Waals surface area (Å²) in [5.41, 5.74) is -1.21. The lowest BCUT2D eigenvalue weighted by Crippen LogP contribution is -2.41. The maximum absolute atomic E-state index is 14.7. The Morgan fingerprint density at radius 1 is 0.520 bits per heavy atom. The molecule has 0 aliphatic carbocycles. The Balaban J connectivity index is 0.000000206. The van der Waals surface area contributed by atoms with Gasteiger partial charge < -0.3 is 45.9 Å². The summed E-state index contributed by atoms with van der Waals surface area (Å²) in [6.45, 7) is 1.72. The first kappa shape index (κ1) is 81.5. The number of aliphatic hydroxyl groups is 5. The Bertz CT molecular complexity index is 3730. The van der Waals surface area contributed by atoms with Crippen LogP contribution in [0, 0.1) is 5.92 Å². The van der Waals surface area contributed by atoms with Gasteiger partial charge in [0.25, 0.3) is 5.92 Å². The zero-order valence-electron chi connectivity index (χ0n) is 52.6. The topological polar surface area (TPSA) is 411 Å². The quantitative estimate of drug-likeness (QED) is 0.0341. The largest absolute Gasteiger partial charge is 0.434 e. The van der Waals surface area contributed by atoms with E-state index in [4.69, 9.17) is 91.5 Å². The summed E-state index contributed by atoms with van der Waals surface area (Å²) in [6, 6.07) is 24.0. The van der Waals surface area contributed by atoms with Gasteiger partial charge in [-0.05, 0) is 77.7 Å². The van der Waals surface area contributed by atoms with Gasteiger partial charge in [0.2, 0.25) is 18.7 Å². The predicted molar refractivity (Wildman–Crippen MR) is 345 cm³/mol. The fourth-order valence-corrected chi connectivity index (χ4v) is 15.8. The molecular weight excluding hydrogens is 1480 g/mol. The lowest BCUT2D eigenvalue weighted by molar-refractivity contribution is -0.141. The number of nitrogens with zero attached hydrogens (tertiary/aromatic N) is 6. The molecule has 43 heteroatoms. The van der Waals surface area contributed by atoms with Gasteiger partial charge in [-0.25, -0.2) is 36.9 Å². The molecule has 100 heavy (non-hydrogen) atoms. The molecule has 3 aromatic heterocycles. The standard InChI is InChI=1S/C20H23ClF2N3O5P.2C18H19ClF2N3O7P.CH4O.FH.H3N/c1-3-15-12(2)20(22,23)18(30-15)26-9-7-17(24-19(26)27)25-32(28)29-10-8-16(31-32)13-5-4-6-14(21)11-13;2*19-11-3-1-2-10(8-11)12-5-7-29-32(28,31-12)23-14-4-6-24(17(27)22-14)16-18(20,21)15(26)13(9-25)30-16;1-2;;/h4-7,9,11-12,15-16,18H,3,8,10H2,1-2H3,(H,24,25,27,28);2*1-4,6,8,12-13,15-16,25-26H,5,7,9H2,(H,22,23,27,28);2H,1H3;1H;1H3/t12-,15+,16-,18+,32?;12-,13+,15-,16+,32+;12-,13+,15-,16+,32-;;;/m000.../s1. The van der Waals surface area contributed by atoms with Crippen LogP contribution in [0.25, 0.3) is 0 Å². The molecule has 6 saturated heterocycles. The summed E-state index contributed by atoms with van der Waals surface area (Å²) in [7, 11) is -10.7. The van der Waals surface area contributed by atoms with E-state index < -0.39 is 145 Å². The lowest BCUT2D eigenvalue weighted by Gasteiger charge is -2.30. The summed E-state index contributed by atoms with van der Waals surface area (Å²) in [5.74, 6) is -12.6. The van der Waals surface area contributed by atoms with Gasteiger partial charge in [-0.15, -0.1) is 0 Å². The number of anilines is 3. The highest BCUT2D eigenvalue weighted by atomic mass is 35.5. The number of aliphatic hydroxyl groups excluding tert-OH is 5. The van der Waals surface area contributed by atoms with Crippen molar-refractivity contribution in [2.24, 2.45) is 5.92 Å². The molecule has 1 unspecified atom stereocenters. The van der Waals surface area contributed by atoms with Gasteiger partial charge in [-0.1, -0.05) is 85.0 Å². The number of alkyl halides is 6. The second kappa shape index (κ2) is 33.7. The Morgan fingerprint density at radius 3 is 1.06 bits per heavy atom. The van der Waals surface area contributed by atoms with Crippen molar-refractivity contribution in [3.63, 3.8) is 0 Å². The van der Waals surface area contributed by atoms with Gasteiger partial charge in [0.1, 0.15) is 29.7 Å². The number of halogens is 10. The second-order valence-electron chi connectivity index (χ2n) is 22.2. The zero-order valence-corrected chi connectivity index (χ0v) is 57.5. The summed E-state index contributed by atoms with van der Waals surface area (Å²) in [6.07, 6.45) is -11.6. The molecule has 30 nitrogen and oxygen atoms in total. The number of hydrogen-bond donors (Lipinski definition) is 9. The molecule has 3 aromatic carbocycles. The van der Waals surface area contributed by atoms with Crippen molar-refractivity contribution in [3.8, 4) is 0 Å². The van der Waals surface area contributed by atoms with E-state index >= 15 is 0 Å². The molecule has 0 saturated carbocycles. The van der Waals surface area contributed by atoms with Crippen LogP contribution in [0.4, 0.5) is 48.5 Å². The first-order valence-corrected chi connectivity index (χ1v) is 35.4. The molecule has 0 bridgehead atoms. The number of nitrogens with one attached hydrogen (secondary N) is 3. The maximum atomic E-state index is 14.7. The monoisotopic (exact) mass is 1540 g/mol. The fraction of sp³-hybridized carbons (Fsp3) is 0.474. The maximum Gasteiger partial charge on any atom is 0.434 e. The predicted octanol–water partition coefficient (Wildman–Crippen LogP) is 10.1. The van der Waals surface area contributed by atoms with E-state index in [0.29, 0.717) is 61.0 Å². The number of rotatable bonds is 15. The van der Waals surface area contributed by atoms with Crippen LogP contribution >= 0.6 is 58.0 Å². The molecule has 0 spiro atoms.